The number of halogens is 1. The molecule has 2 aliphatic heterocycles. The third-order valence-electron chi connectivity index (χ3n) is 6.99. The Morgan fingerprint density at radius 2 is 1.86 bits per heavy atom. The van der Waals surface area contributed by atoms with Crippen molar-refractivity contribution in [2.75, 3.05) is 50.2 Å². The second kappa shape index (κ2) is 10.7. The zero-order chi connectivity index (χ0) is 26.1. The van der Waals surface area contributed by atoms with Crippen LogP contribution in [0.25, 0.3) is 26.8 Å². The fraction of sp³-hybridized carbons (Fsp3) is 0.333. The van der Waals surface area contributed by atoms with Crippen molar-refractivity contribution >= 4 is 61.1 Å². The topological polar surface area (TPSA) is 86.4 Å². The van der Waals surface area contributed by atoms with Crippen molar-refractivity contribution in [2.24, 2.45) is 0 Å². The van der Waals surface area contributed by atoms with Crippen LogP contribution in [-0.4, -0.2) is 64.6 Å². The number of benzene rings is 2. The van der Waals surface area contributed by atoms with E-state index in [1.165, 1.54) is 5.56 Å². The van der Waals surface area contributed by atoms with Crippen LogP contribution >= 0.6 is 11.6 Å². The van der Waals surface area contributed by atoms with Gasteiger partial charge in [-0.3, -0.25) is 4.31 Å². The number of piperidine rings is 1. The summed E-state index contributed by atoms with van der Waals surface area (Å²) in [7, 11) is 4.41. The Kier molecular flexibility index (Phi) is 7.37. The highest BCUT2D eigenvalue weighted by Crippen LogP contribution is 2.35. The maximum atomic E-state index is 12.3. The Labute approximate surface area is 224 Å². The molecular formula is C27H31ClN6O2S. The molecule has 1 saturated heterocycles. The molecule has 5 rings (SSSR count). The van der Waals surface area contributed by atoms with Crippen LogP contribution < -0.4 is 14.4 Å². The third-order valence-corrected chi connectivity index (χ3v) is 8.24. The number of rotatable bonds is 4. The minimum absolute atomic E-state index is 0.409. The first kappa shape index (κ1) is 25.5. The van der Waals surface area contributed by atoms with Gasteiger partial charge >= 0.3 is 0 Å². The Bertz CT molecular complexity index is 1500. The average Bonchev–Trinajstić information content (AvgIpc) is 2.89. The van der Waals surface area contributed by atoms with E-state index in [-0.39, 0.29) is 0 Å². The molecule has 2 N–H and O–H groups in total. The summed E-state index contributed by atoms with van der Waals surface area (Å²) in [5.41, 5.74) is 3.35. The number of nitrogens with one attached hydrogen (secondary N) is 2. The van der Waals surface area contributed by atoms with E-state index in [9.17, 15) is 4.21 Å². The molecule has 1 atom stereocenters. The van der Waals surface area contributed by atoms with Gasteiger partial charge in [0, 0.05) is 19.5 Å². The molecule has 10 heteroatoms. The Morgan fingerprint density at radius 3 is 2.59 bits per heavy atom. The highest BCUT2D eigenvalue weighted by atomic mass is 35.5. The van der Waals surface area contributed by atoms with Gasteiger partial charge in [0.05, 0.1) is 23.3 Å². The number of aromatic amines is 1. The van der Waals surface area contributed by atoms with Crippen LogP contribution in [0.4, 0.5) is 11.6 Å². The zero-order valence-corrected chi connectivity index (χ0v) is 23.0. The molecule has 0 saturated carbocycles. The lowest BCUT2D eigenvalue weighted by Gasteiger charge is -2.29. The van der Waals surface area contributed by atoms with E-state index in [0.717, 1.165) is 42.4 Å². The monoisotopic (exact) mass is 538 g/mol. The minimum Gasteiger partial charge on any atom is -0.494 e. The number of hydrogen-bond donors (Lipinski definition) is 2. The molecule has 194 valence electrons. The van der Waals surface area contributed by atoms with Crippen LogP contribution in [0, 0.1) is 0 Å². The molecular weight excluding hydrogens is 508 g/mol. The van der Waals surface area contributed by atoms with Crippen LogP contribution in [-0.2, 0) is 11.0 Å². The maximum absolute atomic E-state index is 12.3. The van der Waals surface area contributed by atoms with Crippen molar-refractivity contribution < 1.29 is 8.95 Å². The highest BCUT2D eigenvalue weighted by Gasteiger charge is 2.21. The lowest BCUT2D eigenvalue weighted by Crippen LogP contribution is -2.29. The molecule has 1 aromatic heterocycles. The molecule has 37 heavy (non-hydrogen) atoms. The van der Waals surface area contributed by atoms with Crippen LogP contribution in [0.3, 0.4) is 0 Å². The first-order chi connectivity index (χ1) is 17.8. The molecule has 1 fully saturated rings. The van der Waals surface area contributed by atoms with Gasteiger partial charge in [-0.15, -0.1) is 0 Å². The van der Waals surface area contributed by atoms with Gasteiger partial charge in [-0.25, -0.2) is 14.2 Å². The van der Waals surface area contributed by atoms with Gasteiger partial charge < -0.3 is 19.9 Å². The number of anilines is 2. The van der Waals surface area contributed by atoms with Crippen LogP contribution in [0.1, 0.15) is 30.1 Å². The van der Waals surface area contributed by atoms with Crippen molar-refractivity contribution in [3.8, 4) is 5.75 Å². The Morgan fingerprint density at radius 1 is 1.11 bits per heavy atom. The lowest BCUT2D eigenvalue weighted by atomic mass is 9.87. The van der Waals surface area contributed by atoms with E-state index in [0.29, 0.717) is 39.5 Å². The molecule has 0 spiro atoms. The summed E-state index contributed by atoms with van der Waals surface area (Å²) in [6, 6.07) is 14.4. The van der Waals surface area contributed by atoms with E-state index < -0.39 is 11.0 Å². The van der Waals surface area contributed by atoms with Crippen molar-refractivity contribution in [3.63, 3.8) is 0 Å². The summed E-state index contributed by atoms with van der Waals surface area (Å²) in [5.74, 6) is 2.08. The van der Waals surface area contributed by atoms with E-state index >= 15 is 0 Å². The number of ether oxygens (including phenoxy) is 1. The summed E-state index contributed by atoms with van der Waals surface area (Å²) in [5, 5.41) is 5.59. The summed E-state index contributed by atoms with van der Waals surface area (Å²) >= 11 is 6.49. The SMILES string of the molecule is COc1cc(C2CCN(C)CC2)c2ccc3ccc(N(C)S(C)=O)c(c3)nc3[nH]c(nc1c2)NC=C3Cl. The molecule has 6 bridgehead atoms. The Hall–Kier alpha value is -3.14. The normalized spacial score (nSPS) is 16.5. The minimum atomic E-state index is -1.21. The van der Waals surface area contributed by atoms with E-state index in [1.54, 1.807) is 30.9 Å². The first-order valence-electron chi connectivity index (χ1n) is 12.2. The number of nitrogens with zero attached hydrogens (tertiary/aromatic N) is 4. The van der Waals surface area contributed by atoms with Crippen molar-refractivity contribution in [2.45, 2.75) is 18.8 Å². The van der Waals surface area contributed by atoms with Gasteiger partial charge in [0.25, 0.3) is 0 Å². The predicted octanol–water partition coefficient (Wildman–Crippen LogP) is 5.31. The largest absolute Gasteiger partial charge is 0.494 e. The maximum Gasteiger partial charge on any atom is 0.206 e. The van der Waals surface area contributed by atoms with Crippen LogP contribution in [0.5, 0.6) is 5.75 Å². The number of aromatic nitrogens is 3. The quantitative estimate of drug-likeness (QED) is 0.468. The zero-order valence-electron chi connectivity index (χ0n) is 21.4. The molecule has 2 aliphatic rings. The first-order valence-corrected chi connectivity index (χ1v) is 14.1. The number of H-pyrrole nitrogens is 1. The molecule has 3 aromatic rings. The van der Waals surface area contributed by atoms with Gasteiger partial charge in [-0.1, -0.05) is 29.8 Å². The fourth-order valence-corrected chi connectivity index (χ4v) is 5.36. The van der Waals surface area contributed by atoms with Gasteiger partial charge in [-0.05, 0) is 79.5 Å². The standard InChI is InChI=1S/C27H31ClN6O2S/c1-33-11-9-18(10-12-33)20-15-25(36-3)23-14-19(20)7-5-17-6-8-24(34(2)37(4)35)22(13-17)30-26-21(28)16-29-27(31-23)32-26/h5-8,13-16,18H,9-12H2,1-4H3,(H2,29,30,31,32). The number of likely N-dealkylation sites (tertiary alicyclic amines) is 1. The average molecular weight is 539 g/mol. The second-order valence-corrected chi connectivity index (χ2v) is 11.2. The van der Waals surface area contributed by atoms with Crippen molar-refractivity contribution in [3.05, 3.63) is 60.1 Å². The smallest absolute Gasteiger partial charge is 0.206 e. The number of hydrogen-bond acceptors (Lipinski definition) is 6. The predicted molar refractivity (Wildman–Crippen MR) is 154 cm³/mol. The van der Waals surface area contributed by atoms with Gasteiger partial charge in [0.2, 0.25) is 5.95 Å². The lowest BCUT2D eigenvalue weighted by molar-refractivity contribution is 0.255. The van der Waals surface area contributed by atoms with Crippen molar-refractivity contribution in [1.29, 1.82) is 0 Å². The fourth-order valence-electron chi connectivity index (χ4n) is 4.78. The molecule has 0 radical (unpaired) electrons. The van der Waals surface area contributed by atoms with Crippen LogP contribution in [0.15, 0.2) is 48.7 Å². The molecule has 0 amide bonds. The summed E-state index contributed by atoms with van der Waals surface area (Å²) in [6.45, 7) is 2.14. The van der Waals surface area contributed by atoms with E-state index in [2.05, 4.69) is 46.5 Å². The third kappa shape index (κ3) is 5.44. The summed E-state index contributed by atoms with van der Waals surface area (Å²) < 4.78 is 19.7. The highest BCUT2D eigenvalue weighted by molar-refractivity contribution is 7.85. The van der Waals surface area contributed by atoms with Crippen LogP contribution in [0.2, 0.25) is 0 Å². The van der Waals surface area contributed by atoms with Gasteiger partial charge in [-0.2, -0.15) is 0 Å². The molecule has 0 aliphatic carbocycles. The molecule has 1 unspecified atom stereocenters. The summed E-state index contributed by atoms with van der Waals surface area (Å²) in [4.78, 5) is 15.2. The van der Waals surface area contributed by atoms with E-state index in [1.807, 2.05) is 18.2 Å². The molecule has 3 heterocycles. The van der Waals surface area contributed by atoms with E-state index in [4.69, 9.17) is 26.3 Å². The molecule has 2 aromatic carbocycles. The Balaban J connectivity index is 1.82. The van der Waals surface area contributed by atoms with Gasteiger partial charge in [0.1, 0.15) is 22.3 Å². The van der Waals surface area contributed by atoms with Gasteiger partial charge in [0.15, 0.2) is 5.82 Å². The molecule has 8 nitrogen and oxygen atoms in total. The summed E-state index contributed by atoms with van der Waals surface area (Å²) in [6.07, 6.45) is 5.48. The second-order valence-electron chi connectivity index (χ2n) is 9.42. The van der Waals surface area contributed by atoms with Crippen molar-refractivity contribution in [1.82, 2.24) is 19.9 Å². The number of fused-ring (bicyclic) bond motifs is 6. The number of methoxy groups -OCH3 is 1.